The first-order chi connectivity index (χ1) is 21.7. The molecule has 1 saturated carbocycles. The number of rotatable bonds is 11. The molecule has 1 atom stereocenters. The van der Waals surface area contributed by atoms with Crippen molar-refractivity contribution in [1.82, 2.24) is 35.9 Å². The van der Waals surface area contributed by atoms with E-state index in [9.17, 15) is 0 Å². The van der Waals surface area contributed by atoms with Gasteiger partial charge in [0.05, 0.1) is 11.4 Å². The summed E-state index contributed by atoms with van der Waals surface area (Å²) in [6, 6.07) is 13.2. The molecule has 224 valence electrons. The summed E-state index contributed by atoms with van der Waals surface area (Å²) in [5, 5.41) is 10.7. The Morgan fingerprint density at radius 3 is 2.70 bits per heavy atom. The number of hydrogen-bond acceptors (Lipinski definition) is 6. The zero-order chi connectivity index (χ0) is 29.9. The van der Waals surface area contributed by atoms with Crippen LogP contribution in [0, 0.1) is 12.8 Å². The van der Waals surface area contributed by atoms with Gasteiger partial charge in [-0.15, -0.1) is 0 Å². The normalized spacial score (nSPS) is 17.8. The molecule has 1 aromatic carbocycles. The van der Waals surface area contributed by atoms with Crippen molar-refractivity contribution in [2.24, 2.45) is 5.92 Å². The van der Waals surface area contributed by atoms with Crippen LogP contribution in [-0.2, 0) is 6.54 Å². The fourth-order valence-corrected chi connectivity index (χ4v) is 6.55. The van der Waals surface area contributed by atoms with Gasteiger partial charge in [-0.25, -0.2) is 4.98 Å². The Balaban J connectivity index is 1.22. The van der Waals surface area contributed by atoms with Crippen LogP contribution < -0.4 is 16.0 Å². The van der Waals surface area contributed by atoms with E-state index in [2.05, 4.69) is 93.3 Å². The quantitative estimate of drug-likeness (QED) is 0.119. The van der Waals surface area contributed by atoms with E-state index in [1.54, 1.807) is 0 Å². The van der Waals surface area contributed by atoms with Crippen LogP contribution in [0.2, 0.25) is 0 Å². The Morgan fingerprint density at radius 2 is 1.86 bits per heavy atom. The molecule has 1 saturated heterocycles. The molecule has 4 heterocycles. The fourth-order valence-electron chi connectivity index (χ4n) is 6.55. The minimum Gasteiger partial charge on any atom is -0.373 e. The van der Waals surface area contributed by atoms with Gasteiger partial charge in [0.15, 0.2) is 0 Å². The maximum absolute atomic E-state index is 5.28. The van der Waals surface area contributed by atoms with Crippen LogP contribution in [-0.4, -0.2) is 39.6 Å². The van der Waals surface area contributed by atoms with E-state index in [0.717, 1.165) is 77.1 Å². The van der Waals surface area contributed by atoms with Crippen LogP contribution in [0.25, 0.3) is 22.3 Å². The number of nitrogens with zero attached hydrogens (tertiary/aromatic N) is 3. The second-order valence-electron chi connectivity index (χ2n) is 12.2. The highest BCUT2D eigenvalue weighted by Gasteiger charge is 2.37. The predicted molar refractivity (Wildman–Crippen MR) is 178 cm³/mol. The van der Waals surface area contributed by atoms with Gasteiger partial charge in [0, 0.05) is 65.8 Å². The Labute approximate surface area is 260 Å². The van der Waals surface area contributed by atoms with Crippen molar-refractivity contribution in [2.45, 2.75) is 52.1 Å². The average Bonchev–Trinajstić information content (AvgIpc) is 3.43. The van der Waals surface area contributed by atoms with E-state index in [1.807, 2.05) is 30.9 Å². The molecule has 7 nitrogen and oxygen atoms in total. The number of aryl methyl sites for hydroxylation is 1. The van der Waals surface area contributed by atoms with Crippen LogP contribution in [0.4, 0.5) is 0 Å². The molecule has 3 aliphatic rings. The topological polar surface area (TPSA) is 100 Å². The molecule has 2 fully saturated rings. The van der Waals surface area contributed by atoms with Gasteiger partial charge in [0.2, 0.25) is 0 Å². The molecular formula is C37H41N7. The number of likely N-dealkylation sites (N-methyl/N-ethyl adjacent to an activating group) is 1. The average molecular weight is 584 g/mol. The summed E-state index contributed by atoms with van der Waals surface area (Å²) in [5.41, 5.74) is 12.4. The highest BCUT2D eigenvalue weighted by Crippen LogP contribution is 2.42. The van der Waals surface area contributed by atoms with Crippen molar-refractivity contribution in [3.63, 3.8) is 0 Å². The smallest absolute Gasteiger partial charge is 0.138 e. The number of nitrogens with one attached hydrogen (secondary N) is 4. The van der Waals surface area contributed by atoms with E-state index < -0.39 is 0 Å². The molecule has 3 aromatic heterocycles. The molecule has 0 spiro atoms. The lowest BCUT2D eigenvalue weighted by atomic mass is 9.94. The van der Waals surface area contributed by atoms with E-state index in [1.165, 1.54) is 48.1 Å². The molecular weight excluding hydrogens is 542 g/mol. The van der Waals surface area contributed by atoms with Gasteiger partial charge in [0.1, 0.15) is 11.9 Å². The summed E-state index contributed by atoms with van der Waals surface area (Å²) in [6.45, 7) is 7.91. The molecule has 0 amide bonds. The van der Waals surface area contributed by atoms with Crippen LogP contribution in [0.15, 0.2) is 85.1 Å². The molecule has 1 unspecified atom stereocenters. The highest BCUT2D eigenvalue weighted by molar-refractivity contribution is 5.86. The lowest BCUT2D eigenvalue weighted by Crippen LogP contribution is -2.20. The number of aromatic nitrogens is 4. The summed E-state index contributed by atoms with van der Waals surface area (Å²) >= 11 is 0. The number of hydrogen-bond donors (Lipinski definition) is 4. The number of allylic oxidation sites excluding steroid dienone is 2. The van der Waals surface area contributed by atoms with Gasteiger partial charge in [-0.05, 0) is 85.3 Å². The summed E-state index contributed by atoms with van der Waals surface area (Å²) in [4.78, 5) is 18.0. The van der Waals surface area contributed by atoms with Gasteiger partial charge in [-0.2, -0.15) is 0 Å². The number of aromatic amines is 1. The Morgan fingerprint density at radius 1 is 0.977 bits per heavy atom. The number of H-pyrrole nitrogens is 1. The summed E-state index contributed by atoms with van der Waals surface area (Å²) in [6.07, 6.45) is 19.7. The van der Waals surface area contributed by atoms with Crippen molar-refractivity contribution >= 4 is 11.1 Å². The third-order valence-corrected chi connectivity index (χ3v) is 9.06. The Kier molecular flexibility index (Phi) is 8.22. The van der Waals surface area contributed by atoms with Crippen molar-refractivity contribution < 1.29 is 0 Å². The lowest BCUT2D eigenvalue weighted by molar-refractivity contribution is 0.489. The maximum Gasteiger partial charge on any atom is 0.138 e. The van der Waals surface area contributed by atoms with Crippen molar-refractivity contribution in [3.05, 3.63) is 125 Å². The van der Waals surface area contributed by atoms with Crippen molar-refractivity contribution in [3.8, 4) is 11.1 Å². The molecule has 44 heavy (non-hydrogen) atoms. The number of imidazole rings is 1. The summed E-state index contributed by atoms with van der Waals surface area (Å²) in [5.74, 6) is 1.70. The number of fused-ring (bicyclic) bond motifs is 3. The van der Waals surface area contributed by atoms with Gasteiger partial charge in [-0.3, -0.25) is 9.97 Å². The van der Waals surface area contributed by atoms with E-state index >= 15 is 0 Å². The minimum atomic E-state index is 0.162. The number of pyridine rings is 2. The molecule has 0 bridgehead atoms. The second-order valence-corrected chi connectivity index (χ2v) is 12.2. The minimum absolute atomic E-state index is 0.162. The lowest BCUT2D eigenvalue weighted by Gasteiger charge is -2.14. The monoisotopic (exact) mass is 583 g/mol. The molecule has 7 heteroatoms. The summed E-state index contributed by atoms with van der Waals surface area (Å²) < 4.78 is 0. The second kappa shape index (κ2) is 12.7. The van der Waals surface area contributed by atoms with E-state index in [-0.39, 0.29) is 6.04 Å². The van der Waals surface area contributed by atoms with Crippen LogP contribution in [0.5, 0.6) is 0 Å². The zero-order valence-electron chi connectivity index (χ0n) is 25.7. The van der Waals surface area contributed by atoms with Crippen LogP contribution in [0.3, 0.4) is 0 Å². The maximum atomic E-state index is 5.28. The first-order valence-electron chi connectivity index (χ1n) is 16.0. The third-order valence-electron chi connectivity index (χ3n) is 9.06. The number of benzene rings is 1. The fraction of sp³-hybridized carbons (Fsp3) is 0.324. The first-order valence-corrected chi connectivity index (χ1v) is 16.0. The Bertz CT molecular complexity index is 1720. The first kappa shape index (κ1) is 28.4. The molecule has 0 radical (unpaired) electrons. The molecule has 4 N–H and O–H groups in total. The van der Waals surface area contributed by atoms with E-state index in [0.29, 0.717) is 0 Å². The molecule has 1 aliphatic heterocycles. The third kappa shape index (κ3) is 6.03. The SMILES string of the molecule is CCNC/C=C(/c1nc2c([nH]1)C1NC1=CC=C2c1cccnc1)c1cc(-c2cncc(CNCC3CCCC3)c2)ccc1C. The van der Waals surface area contributed by atoms with Crippen LogP contribution >= 0.6 is 0 Å². The van der Waals surface area contributed by atoms with Crippen LogP contribution in [0.1, 0.15) is 78.1 Å². The van der Waals surface area contributed by atoms with Gasteiger partial charge in [0.25, 0.3) is 0 Å². The Hall–Kier alpha value is -4.33. The molecule has 2 aliphatic carbocycles. The zero-order valence-corrected chi connectivity index (χ0v) is 25.7. The van der Waals surface area contributed by atoms with Crippen molar-refractivity contribution in [1.29, 1.82) is 0 Å². The largest absolute Gasteiger partial charge is 0.373 e. The van der Waals surface area contributed by atoms with Gasteiger partial charge >= 0.3 is 0 Å². The van der Waals surface area contributed by atoms with Crippen molar-refractivity contribution in [2.75, 3.05) is 19.6 Å². The highest BCUT2D eigenvalue weighted by atomic mass is 15.2. The standard InChI is InChI=1S/C37H41N7/c1-3-38-16-14-31(37-43-34-30(28-9-6-15-39-22-28)12-13-33-35(42-33)36(34)44-37)32-18-27(11-10-24(32)2)29-17-26(21-41-23-29)20-40-19-25-7-4-5-8-25/h6,9-15,17-18,21-23,25,35,38,40,42H,3-5,7-8,16,19-20H2,1-2H3,(H,43,44)/b31-14+. The van der Waals surface area contributed by atoms with E-state index in [4.69, 9.17) is 4.98 Å². The molecule has 4 aromatic rings. The predicted octanol–water partition coefficient (Wildman–Crippen LogP) is 6.47. The van der Waals surface area contributed by atoms with Gasteiger partial charge < -0.3 is 20.9 Å². The summed E-state index contributed by atoms with van der Waals surface area (Å²) in [7, 11) is 0. The molecule has 7 rings (SSSR count). The van der Waals surface area contributed by atoms with Gasteiger partial charge in [-0.1, -0.05) is 50.1 Å².